The first-order valence-corrected chi connectivity index (χ1v) is 9.25. The lowest BCUT2D eigenvalue weighted by Crippen LogP contribution is -2.50. The largest absolute Gasteiger partial charge is 0.339 e. The molecule has 144 valence electrons. The molecule has 0 bridgehead atoms. The molecule has 8 nitrogen and oxygen atoms in total. The minimum Gasteiger partial charge on any atom is -0.339 e. The summed E-state index contributed by atoms with van der Waals surface area (Å²) < 4.78 is 1.85. The first-order valence-electron chi connectivity index (χ1n) is 9.25. The number of hydrogen-bond donors (Lipinski definition) is 1. The monoisotopic (exact) mass is 362 g/mol. The number of aryl methyl sites for hydroxylation is 2. The third kappa shape index (κ3) is 3.48. The van der Waals surface area contributed by atoms with Gasteiger partial charge in [-0.05, 0) is 20.9 Å². The molecule has 2 saturated heterocycles. The van der Waals surface area contributed by atoms with Gasteiger partial charge >= 0.3 is 0 Å². The van der Waals surface area contributed by atoms with E-state index in [1.54, 1.807) is 4.90 Å². The smallest absolute Gasteiger partial charge is 0.236 e. The van der Waals surface area contributed by atoms with Crippen molar-refractivity contribution in [3.8, 4) is 0 Å². The Morgan fingerprint density at radius 3 is 2.38 bits per heavy atom. The van der Waals surface area contributed by atoms with Crippen LogP contribution < -0.4 is 5.32 Å². The van der Waals surface area contributed by atoms with Gasteiger partial charge in [-0.15, -0.1) is 0 Å². The first kappa shape index (κ1) is 18.8. The predicted molar refractivity (Wildman–Crippen MR) is 98.7 cm³/mol. The Labute approximate surface area is 155 Å². The molecule has 2 amide bonds. The molecule has 3 rings (SSSR count). The van der Waals surface area contributed by atoms with Gasteiger partial charge in [0.2, 0.25) is 11.8 Å². The normalized spacial score (nSPS) is 24.6. The number of carbonyl (C=O) groups is 2. The third-order valence-corrected chi connectivity index (χ3v) is 5.82. The third-order valence-electron chi connectivity index (χ3n) is 5.82. The maximum absolute atomic E-state index is 12.5. The van der Waals surface area contributed by atoms with Crippen LogP contribution in [-0.4, -0.2) is 89.2 Å². The summed E-state index contributed by atoms with van der Waals surface area (Å²) in [6.45, 7) is 7.63. The van der Waals surface area contributed by atoms with Crippen molar-refractivity contribution < 1.29 is 9.59 Å². The molecule has 2 fully saturated rings. The van der Waals surface area contributed by atoms with E-state index in [0.29, 0.717) is 6.42 Å². The molecule has 0 spiro atoms. The van der Waals surface area contributed by atoms with Crippen LogP contribution in [0, 0.1) is 13.8 Å². The zero-order valence-electron chi connectivity index (χ0n) is 16.4. The zero-order chi connectivity index (χ0) is 19.0. The van der Waals surface area contributed by atoms with Gasteiger partial charge < -0.3 is 20.0 Å². The molecule has 1 aromatic heterocycles. The molecule has 0 saturated carbocycles. The maximum atomic E-state index is 12.5. The fourth-order valence-corrected chi connectivity index (χ4v) is 4.05. The van der Waals surface area contributed by atoms with Crippen LogP contribution in [0.3, 0.4) is 0 Å². The summed E-state index contributed by atoms with van der Waals surface area (Å²) in [6, 6.07) is -0.165. The highest BCUT2D eigenvalue weighted by Gasteiger charge is 2.41. The van der Waals surface area contributed by atoms with Crippen molar-refractivity contribution in [2.45, 2.75) is 32.4 Å². The minimum absolute atomic E-state index is 0.0782. The molecule has 3 heterocycles. The highest BCUT2D eigenvalue weighted by Crippen LogP contribution is 2.35. The number of rotatable bonds is 4. The molecule has 2 aliphatic rings. The Hall–Kier alpha value is -1.93. The summed E-state index contributed by atoms with van der Waals surface area (Å²) in [4.78, 5) is 30.8. The standard InChI is InChI=1S/C18H30N6O2/c1-12-17(13(2)23(5)20-12)18-14(10-15(25)22(18)4)19-11-16(26)24-8-6-21(3)7-9-24/h14,18-19H,6-11H2,1-5H3/t14-,18-/m1/s1. The Morgan fingerprint density at radius 2 is 1.81 bits per heavy atom. The van der Waals surface area contributed by atoms with Crippen LogP contribution in [0.1, 0.15) is 29.4 Å². The summed E-state index contributed by atoms with van der Waals surface area (Å²) >= 11 is 0. The molecule has 0 unspecified atom stereocenters. The van der Waals surface area contributed by atoms with Crippen LogP contribution in [0.2, 0.25) is 0 Å². The first-order chi connectivity index (χ1) is 12.3. The van der Waals surface area contributed by atoms with Gasteiger partial charge in [0.25, 0.3) is 0 Å². The molecule has 26 heavy (non-hydrogen) atoms. The molecule has 0 radical (unpaired) electrons. The van der Waals surface area contributed by atoms with Crippen molar-refractivity contribution in [2.75, 3.05) is 46.8 Å². The Balaban J connectivity index is 1.70. The Bertz CT molecular complexity index is 692. The van der Waals surface area contributed by atoms with Crippen molar-refractivity contribution >= 4 is 11.8 Å². The van der Waals surface area contributed by atoms with E-state index in [2.05, 4.69) is 22.4 Å². The quantitative estimate of drug-likeness (QED) is 0.794. The number of hydrogen-bond acceptors (Lipinski definition) is 5. The van der Waals surface area contributed by atoms with Crippen LogP contribution in [0.5, 0.6) is 0 Å². The highest BCUT2D eigenvalue weighted by atomic mass is 16.2. The molecule has 1 aromatic rings. The maximum Gasteiger partial charge on any atom is 0.236 e. The van der Waals surface area contributed by atoms with Gasteiger partial charge in [-0.1, -0.05) is 0 Å². The molecule has 1 N–H and O–H groups in total. The van der Waals surface area contributed by atoms with Crippen molar-refractivity contribution in [1.29, 1.82) is 0 Å². The van der Waals surface area contributed by atoms with Crippen molar-refractivity contribution in [1.82, 2.24) is 29.8 Å². The second kappa shape index (κ2) is 7.36. The van der Waals surface area contributed by atoms with E-state index in [-0.39, 0.29) is 30.4 Å². The molecular weight excluding hydrogens is 332 g/mol. The number of amides is 2. The van der Waals surface area contributed by atoms with E-state index in [1.807, 2.05) is 37.5 Å². The van der Waals surface area contributed by atoms with E-state index in [1.165, 1.54) is 0 Å². The van der Waals surface area contributed by atoms with Crippen molar-refractivity contribution in [2.24, 2.45) is 7.05 Å². The zero-order valence-corrected chi connectivity index (χ0v) is 16.4. The lowest BCUT2D eigenvalue weighted by Gasteiger charge is -2.33. The molecule has 2 atom stereocenters. The SMILES string of the molecule is Cc1nn(C)c(C)c1[C@H]1[C@H](NCC(=O)N2CCN(C)CC2)CC(=O)N1C. The summed E-state index contributed by atoms with van der Waals surface area (Å²) in [6.07, 6.45) is 0.408. The molecule has 0 aliphatic carbocycles. The lowest BCUT2D eigenvalue weighted by molar-refractivity contribution is -0.132. The fourth-order valence-electron chi connectivity index (χ4n) is 4.05. The average Bonchev–Trinajstić information content (AvgIpc) is 3.01. The van der Waals surface area contributed by atoms with E-state index in [4.69, 9.17) is 0 Å². The number of nitrogens with zero attached hydrogens (tertiary/aromatic N) is 5. The van der Waals surface area contributed by atoms with Crippen LogP contribution in [0.4, 0.5) is 0 Å². The van der Waals surface area contributed by atoms with Crippen LogP contribution in [-0.2, 0) is 16.6 Å². The van der Waals surface area contributed by atoms with Gasteiger partial charge in [-0.2, -0.15) is 5.10 Å². The summed E-state index contributed by atoms with van der Waals surface area (Å²) in [5, 5.41) is 7.85. The van der Waals surface area contributed by atoms with E-state index >= 15 is 0 Å². The number of piperazine rings is 1. The van der Waals surface area contributed by atoms with Crippen LogP contribution >= 0.6 is 0 Å². The fraction of sp³-hybridized carbons (Fsp3) is 0.722. The van der Waals surface area contributed by atoms with E-state index in [0.717, 1.165) is 43.1 Å². The van der Waals surface area contributed by atoms with Gasteiger partial charge in [-0.25, -0.2) is 0 Å². The number of carbonyl (C=O) groups excluding carboxylic acids is 2. The Kier molecular flexibility index (Phi) is 5.34. The predicted octanol–water partition coefficient (Wildman–Crippen LogP) is -0.328. The number of aromatic nitrogens is 2. The van der Waals surface area contributed by atoms with Gasteiger partial charge in [-0.3, -0.25) is 14.3 Å². The Morgan fingerprint density at radius 1 is 1.15 bits per heavy atom. The van der Waals surface area contributed by atoms with Crippen molar-refractivity contribution in [3.05, 3.63) is 17.0 Å². The van der Waals surface area contributed by atoms with E-state index in [9.17, 15) is 9.59 Å². The van der Waals surface area contributed by atoms with Gasteiger partial charge in [0.05, 0.1) is 18.3 Å². The summed E-state index contributed by atoms with van der Waals surface area (Å²) in [5.41, 5.74) is 3.09. The van der Waals surface area contributed by atoms with Crippen LogP contribution in [0.15, 0.2) is 0 Å². The summed E-state index contributed by atoms with van der Waals surface area (Å²) in [5.74, 6) is 0.209. The van der Waals surface area contributed by atoms with Crippen LogP contribution in [0.25, 0.3) is 0 Å². The number of likely N-dealkylation sites (tertiary alicyclic amines) is 1. The van der Waals surface area contributed by atoms with Gasteiger partial charge in [0.15, 0.2) is 0 Å². The van der Waals surface area contributed by atoms with Gasteiger partial charge in [0.1, 0.15) is 0 Å². The van der Waals surface area contributed by atoms with E-state index < -0.39 is 0 Å². The minimum atomic E-state index is -0.0866. The second-order valence-electron chi connectivity index (χ2n) is 7.53. The number of likely N-dealkylation sites (N-methyl/N-ethyl adjacent to an activating group) is 2. The molecule has 8 heteroatoms. The van der Waals surface area contributed by atoms with Crippen molar-refractivity contribution in [3.63, 3.8) is 0 Å². The molecule has 0 aromatic carbocycles. The molecular formula is C18H30N6O2. The second-order valence-corrected chi connectivity index (χ2v) is 7.53. The van der Waals surface area contributed by atoms with Gasteiger partial charge in [0, 0.05) is 64.0 Å². The summed E-state index contributed by atoms with van der Waals surface area (Å²) in [7, 11) is 5.83. The highest BCUT2D eigenvalue weighted by molar-refractivity contribution is 5.81. The lowest BCUT2D eigenvalue weighted by atomic mass is 9.98. The molecule has 2 aliphatic heterocycles. The topological polar surface area (TPSA) is 73.7 Å². The number of nitrogens with one attached hydrogen (secondary N) is 1. The average molecular weight is 362 g/mol.